The fourth-order valence-corrected chi connectivity index (χ4v) is 3.12. The Bertz CT molecular complexity index is 488. The molecule has 1 aromatic rings. The number of hydrogen-bond donors (Lipinski definition) is 1. The van der Waals surface area contributed by atoms with Crippen molar-refractivity contribution in [1.29, 1.82) is 5.26 Å². The third kappa shape index (κ3) is 3.57. The molecular weight excluding hydrogens is 273 g/mol. The maximum Gasteiger partial charge on any atom is 0.418 e. The number of anilines is 1. The predicted octanol–water partition coefficient (Wildman–Crippen LogP) is 3.88. The van der Waals surface area contributed by atoms with E-state index in [4.69, 9.17) is 5.26 Å². The summed E-state index contributed by atoms with van der Waals surface area (Å²) in [4.78, 5) is 0. The molecule has 1 saturated heterocycles. The minimum Gasteiger partial charge on any atom is -0.381 e. The van der Waals surface area contributed by atoms with Gasteiger partial charge in [0.2, 0.25) is 0 Å². The van der Waals surface area contributed by atoms with Gasteiger partial charge in [0.25, 0.3) is 0 Å². The van der Waals surface area contributed by atoms with Gasteiger partial charge in [-0.05, 0) is 36.8 Å². The number of benzene rings is 1. The van der Waals surface area contributed by atoms with Crippen molar-refractivity contribution in [2.45, 2.75) is 25.1 Å². The quantitative estimate of drug-likeness (QED) is 0.896. The molecule has 1 heterocycles. The van der Waals surface area contributed by atoms with Crippen LogP contribution in [0.1, 0.15) is 24.0 Å². The highest BCUT2D eigenvalue weighted by molar-refractivity contribution is 7.99. The number of rotatable bonds is 2. The molecule has 1 unspecified atom stereocenters. The highest BCUT2D eigenvalue weighted by Crippen LogP contribution is 2.36. The van der Waals surface area contributed by atoms with E-state index in [1.165, 1.54) is 12.1 Å². The average molecular weight is 286 g/mol. The van der Waals surface area contributed by atoms with Crippen molar-refractivity contribution in [1.82, 2.24) is 0 Å². The predicted molar refractivity (Wildman–Crippen MR) is 70.1 cm³/mol. The van der Waals surface area contributed by atoms with E-state index in [1.807, 2.05) is 0 Å². The normalized spacial score (nSPS) is 19.8. The lowest BCUT2D eigenvalue weighted by molar-refractivity contribution is -0.137. The summed E-state index contributed by atoms with van der Waals surface area (Å²) in [6.07, 6.45) is -2.55. The Balaban J connectivity index is 2.26. The lowest BCUT2D eigenvalue weighted by Crippen LogP contribution is -2.27. The maximum absolute atomic E-state index is 13.0. The summed E-state index contributed by atoms with van der Waals surface area (Å²) >= 11 is 1.75. The molecule has 0 aromatic heterocycles. The number of hydrogen-bond acceptors (Lipinski definition) is 3. The molecular formula is C13H13F3N2S. The second-order valence-corrected chi connectivity index (χ2v) is 5.58. The summed E-state index contributed by atoms with van der Waals surface area (Å²) in [5.74, 6) is 1.88. The number of nitrogens with zero attached hydrogens (tertiary/aromatic N) is 1. The first-order chi connectivity index (χ1) is 9.00. The Labute approximate surface area is 114 Å². The van der Waals surface area contributed by atoms with E-state index in [1.54, 1.807) is 17.8 Å². The molecule has 1 N–H and O–H groups in total. The summed E-state index contributed by atoms with van der Waals surface area (Å²) in [7, 11) is 0. The zero-order valence-corrected chi connectivity index (χ0v) is 10.9. The topological polar surface area (TPSA) is 35.8 Å². The molecule has 102 valence electrons. The van der Waals surface area contributed by atoms with Gasteiger partial charge in [0, 0.05) is 17.5 Å². The highest BCUT2D eigenvalue weighted by Gasteiger charge is 2.34. The van der Waals surface area contributed by atoms with Crippen LogP contribution < -0.4 is 5.32 Å². The molecule has 2 rings (SSSR count). The lowest BCUT2D eigenvalue weighted by Gasteiger charge is -2.25. The van der Waals surface area contributed by atoms with Crippen molar-refractivity contribution in [3.05, 3.63) is 29.3 Å². The molecule has 0 spiro atoms. The average Bonchev–Trinajstić information content (AvgIpc) is 2.39. The van der Waals surface area contributed by atoms with Gasteiger partial charge < -0.3 is 5.32 Å². The Morgan fingerprint density at radius 3 is 2.74 bits per heavy atom. The van der Waals surface area contributed by atoms with Crippen molar-refractivity contribution < 1.29 is 13.2 Å². The van der Waals surface area contributed by atoms with Crippen LogP contribution in [0.3, 0.4) is 0 Å². The molecule has 1 aromatic carbocycles. The van der Waals surface area contributed by atoms with Gasteiger partial charge in [0.15, 0.2) is 0 Å². The number of thioether (sulfide) groups is 1. The molecule has 0 aliphatic carbocycles. The van der Waals surface area contributed by atoms with Crippen LogP contribution in [0.2, 0.25) is 0 Å². The maximum atomic E-state index is 13.0. The third-order valence-corrected chi connectivity index (χ3v) is 4.19. The van der Waals surface area contributed by atoms with Crippen LogP contribution in [-0.2, 0) is 6.18 Å². The van der Waals surface area contributed by atoms with E-state index in [0.29, 0.717) is 0 Å². The van der Waals surface area contributed by atoms with Gasteiger partial charge in [0.05, 0.1) is 17.2 Å². The summed E-state index contributed by atoms with van der Waals surface area (Å²) in [5, 5.41) is 11.7. The van der Waals surface area contributed by atoms with E-state index in [2.05, 4.69) is 5.32 Å². The number of alkyl halides is 3. The van der Waals surface area contributed by atoms with E-state index in [9.17, 15) is 13.2 Å². The summed E-state index contributed by atoms with van der Waals surface area (Å²) < 4.78 is 38.9. The SMILES string of the molecule is N#Cc1ccc(NC2CCCSC2)c(C(F)(F)F)c1. The molecule has 0 saturated carbocycles. The van der Waals surface area contributed by atoms with Gasteiger partial charge in [-0.15, -0.1) is 0 Å². The van der Waals surface area contributed by atoms with Crippen molar-refractivity contribution >= 4 is 17.4 Å². The molecule has 1 atom stereocenters. The monoisotopic (exact) mass is 286 g/mol. The molecule has 0 radical (unpaired) electrons. The zero-order valence-electron chi connectivity index (χ0n) is 10.1. The van der Waals surface area contributed by atoms with Crippen LogP contribution in [0.5, 0.6) is 0 Å². The van der Waals surface area contributed by atoms with Crippen LogP contribution in [0.4, 0.5) is 18.9 Å². The van der Waals surface area contributed by atoms with E-state index >= 15 is 0 Å². The molecule has 1 aliphatic heterocycles. The molecule has 2 nitrogen and oxygen atoms in total. The van der Waals surface area contributed by atoms with Crippen LogP contribution in [0.25, 0.3) is 0 Å². The van der Waals surface area contributed by atoms with Crippen molar-refractivity contribution in [2.75, 3.05) is 16.8 Å². The number of nitriles is 1. The van der Waals surface area contributed by atoms with Gasteiger partial charge in [-0.3, -0.25) is 0 Å². The van der Waals surface area contributed by atoms with Crippen LogP contribution in [-0.4, -0.2) is 17.5 Å². The summed E-state index contributed by atoms with van der Waals surface area (Å²) in [6.45, 7) is 0. The van der Waals surface area contributed by atoms with Gasteiger partial charge in [0.1, 0.15) is 0 Å². The first-order valence-corrected chi connectivity index (χ1v) is 7.12. The molecule has 0 bridgehead atoms. The van der Waals surface area contributed by atoms with E-state index < -0.39 is 11.7 Å². The second kappa shape index (κ2) is 5.74. The van der Waals surface area contributed by atoms with Gasteiger partial charge in [-0.1, -0.05) is 0 Å². The van der Waals surface area contributed by atoms with E-state index in [-0.39, 0.29) is 17.3 Å². The fraction of sp³-hybridized carbons (Fsp3) is 0.462. The Hall–Kier alpha value is -1.35. The number of nitrogens with one attached hydrogen (secondary N) is 1. The minimum absolute atomic E-state index is 0.0240. The van der Waals surface area contributed by atoms with Crippen molar-refractivity contribution in [3.8, 4) is 6.07 Å². The first-order valence-electron chi connectivity index (χ1n) is 5.96. The number of halogens is 3. The van der Waals surface area contributed by atoms with Crippen molar-refractivity contribution in [2.24, 2.45) is 0 Å². The van der Waals surface area contributed by atoms with E-state index in [0.717, 1.165) is 30.4 Å². The molecule has 1 aliphatic rings. The smallest absolute Gasteiger partial charge is 0.381 e. The Morgan fingerprint density at radius 1 is 1.37 bits per heavy atom. The highest BCUT2D eigenvalue weighted by atomic mass is 32.2. The minimum atomic E-state index is -4.45. The summed E-state index contributed by atoms with van der Waals surface area (Å²) in [5.41, 5.74) is -0.669. The van der Waals surface area contributed by atoms with Gasteiger partial charge in [-0.25, -0.2) is 0 Å². The summed E-state index contributed by atoms with van der Waals surface area (Å²) in [6, 6.07) is 5.46. The zero-order chi connectivity index (χ0) is 13.9. The van der Waals surface area contributed by atoms with Crippen LogP contribution in [0, 0.1) is 11.3 Å². The molecule has 6 heteroatoms. The standard InChI is InChI=1S/C13H13F3N2S/c14-13(15,16)11-6-9(7-17)3-4-12(11)18-10-2-1-5-19-8-10/h3-4,6,10,18H,1-2,5,8H2. The van der Waals surface area contributed by atoms with Crippen LogP contribution >= 0.6 is 11.8 Å². The van der Waals surface area contributed by atoms with Crippen LogP contribution in [0.15, 0.2) is 18.2 Å². The lowest BCUT2D eigenvalue weighted by atomic mass is 10.1. The van der Waals surface area contributed by atoms with Gasteiger partial charge in [-0.2, -0.15) is 30.2 Å². The van der Waals surface area contributed by atoms with Gasteiger partial charge >= 0.3 is 6.18 Å². The van der Waals surface area contributed by atoms with Crippen molar-refractivity contribution in [3.63, 3.8) is 0 Å². The fourth-order valence-electron chi connectivity index (χ4n) is 2.05. The molecule has 19 heavy (non-hydrogen) atoms. The Kier molecular flexibility index (Phi) is 4.25. The first kappa shape index (κ1) is 14.1. The second-order valence-electron chi connectivity index (χ2n) is 4.43. The Morgan fingerprint density at radius 2 is 2.16 bits per heavy atom. The largest absolute Gasteiger partial charge is 0.418 e. The third-order valence-electron chi connectivity index (χ3n) is 2.97. The molecule has 1 fully saturated rings. The molecule has 0 amide bonds.